The molecule has 0 aliphatic rings. The third kappa shape index (κ3) is 3.02. The molecule has 10 heteroatoms. The maximum absolute atomic E-state index is 13.3. The number of aromatic nitrogens is 1. The lowest BCUT2D eigenvalue weighted by Crippen LogP contribution is -2.44. The second-order valence-corrected chi connectivity index (χ2v) is 4.84. The van der Waals surface area contributed by atoms with E-state index < -0.39 is 45.9 Å². The van der Waals surface area contributed by atoms with E-state index in [1.807, 2.05) is 0 Å². The number of rotatable bonds is 4. The fourth-order valence-corrected chi connectivity index (χ4v) is 2.09. The van der Waals surface area contributed by atoms with Crippen molar-refractivity contribution in [1.29, 1.82) is 0 Å². The number of aliphatic hydroxyl groups is 1. The van der Waals surface area contributed by atoms with Crippen molar-refractivity contribution in [2.45, 2.75) is 25.1 Å². The quantitative estimate of drug-likeness (QED) is 0.527. The minimum atomic E-state index is -5.18. The summed E-state index contributed by atoms with van der Waals surface area (Å²) in [6.07, 6.45) is -6.45. The van der Waals surface area contributed by atoms with Crippen LogP contribution in [0.5, 0.6) is 0 Å². The molecule has 0 bridgehead atoms. The summed E-state index contributed by atoms with van der Waals surface area (Å²) in [5, 5.41) is 24.3. The number of hydrogen-bond acceptors (Lipinski definition) is 5. The molecule has 2 rings (SSSR count). The van der Waals surface area contributed by atoms with Crippen LogP contribution in [-0.4, -0.2) is 21.4 Å². The minimum absolute atomic E-state index is 0.214. The van der Waals surface area contributed by atoms with Crippen LogP contribution in [0.4, 0.5) is 23.2 Å². The summed E-state index contributed by atoms with van der Waals surface area (Å²) in [6, 6.07) is 2.98. The first kappa shape index (κ1) is 16.9. The lowest BCUT2D eigenvalue weighted by atomic mass is 9.88. The van der Waals surface area contributed by atoms with Gasteiger partial charge < -0.3 is 9.63 Å². The molecule has 1 heterocycles. The number of halogens is 4. The average Bonchev–Trinajstić information content (AvgIpc) is 2.79. The first-order chi connectivity index (χ1) is 10.6. The molecule has 2 aromatic rings. The fraction of sp³-hybridized carbons (Fsp3) is 0.308. The minimum Gasteiger partial charge on any atom is -0.376 e. The second-order valence-electron chi connectivity index (χ2n) is 4.84. The van der Waals surface area contributed by atoms with Gasteiger partial charge in [-0.2, -0.15) is 13.2 Å². The summed E-state index contributed by atoms with van der Waals surface area (Å²) in [7, 11) is 0. The van der Waals surface area contributed by atoms with Crippen LogP contribution >= 0.6 is 0 Å². The van der Waals surface area contributed by atoms with Gasteiger partial charge in [-0.1, -0.05) is 17.3 Å². The van der Waals surface area contributed by atoms with Crippen LogP contribution in [-0.2, 0) is 12.0 Å². The van der Waals surface area contributed by atoms with Gasteiger partial charge in [0, 0.05) is 0 Å². The molecule has 0 amide bonds. The normalized spacial score (nSPS) is 14.5. The zero-order valence-electron chi connectivity index (χ0n) is 11.6. The third-order valence-electron chi connectivity index (χ3n) is 3.29. The van der Waals surface area contributed by atoms with Gasteiger partial charge in [-0.15, -0.1) is 0 Å². The second kappa shape index (κ2) is 5.61. The maximum atomic E-state index is 13.3. The first-order valence-corrected chi connectivity index (χ1v) is 6.21. The van der Waals surface area contributed by atoms with Crippen LogP contribution in [0, 0.1) is 22.9 Å². The summed E-state index contributed by atoms with van der Waals surface area (Å²) >= 11 is 0. The molecule has 0 spiro atoms. The molecule has 0 aliphatic carbocycles. The van der Waals surface area contributed by atoms with E-state index in [2.05, 4.69) is 9.68 Å². The van der Waals surface area contributed by atoms with Gasteiger partial charge in [-0.3, -0.25) is 10.1 Å². The van der Waals surface area contributed by atoms with Gasteiger partial charge in [0.1, 0.15) is 5.82 Å². The van der Waals surface area contributed by atoms with Gasteiger partial charge in [0.15, 0.2) is 11.3 Å². The van der Waals surface area contributed by atoms with Crippen LogP contribution in [0.15, 0.2) is 28.8 Å². The van der Waals surface area contributed by atoms with Crippen LogP contribution in [0.25, 0.3) is 0 Å². The summed E-state index contributed by atoms with van der Waals surface area (Å²) in [6.45, 7) is 1.19. The summed E-state index contributed by atoms with van der Waals surface area (Å²) < 4.78 is 57.5. The number of benzene rings is 1. The van der Waals surface area contributed by atoms with E-state index in [0.29, 0.717) is 0 Å². The van der Waals surface area contributed by atoms with Crippen molar-refractivity contribution in [1.82, 2.24) is 5.16 Å². The molecule has 124 valence electrons. The summed E-state index contributed by atoms with van der Waals surface area (Å²) in [5.41, 5.74) is -5.12. The van der Waals surface area contributed by atoms with Gasteiger partial charge in [-0.25, -0.2) is 4.39 Å². The highest BCUT2D eigenvalue weighted by Crippen LogP contribution is 2.43. The molecule has 1 atom stereocenters. The highest BCUT2D eigenvalue weighted by Gasteiger charge is 2.56. The predicted octanol–water partition coefficient (Wildman–Crippen LogP) is 3.02. The molecular formula is C13H10F4N2O4. The van der Waals surface area contributed by atoms with Crippen molar-refractivity contribution in [2.75, 3.05) is 0 Å². The third-order valence-corrected chi connectivity index (χ3v) is 3.29. The molecule has 1 aromatic carbocycles. The van der Waals surface area contributed by atoms with Gasteiger partial charge in [-0.05, 0) is 24.6 Å². The van der Waals surface area contributed by atoms with Gasteiger partial charge in [0.05, 0.1) is 11.3 Å². The molecule has 0 unspecified atom stereocenters. The Morgan fingerprint density at radius 2 is 1.87 bits per heavy atom. The highest BCUT2D eigenvalue weighted by atomic mass is 19.4. The lowest BCUT2D eigenvalue weighted by Gasteiger charge is -2.29. The number of hydrogen-bond donors (Lipinski definition) is 1. The molecule has 0 aliphatic heterocycles. The number of alkyl halides is 3. The van der Waals surface area contributed by atoms with Crippen LogP contribution < -0.4 is 0 Å². The number of nitrogens with zero attached hydrogens (tertiary/aromatic N) is 2. The number of nitro groups is 1. The predicted molar refractivity (Wildman–Crippen MR) is 68.0 cm³/mol. The van der Waals surface area contributed by atoms with Gasteiger partial charge >= 0.3 is 11.9 Å². The zero-order valence-corrected chi connectivity index (χ0v) is 11.6. The Labute approximate surface area is 126 Å². The van der Waals surface area contributed by atoms with Crippen LogP contribution in [0.2, 0.25) is 0 Å². The van der Waals surface area contributed by atoms with E-state index in [-0.39, 0.29) is 5.69 Å². The van der Waals surface area contributed by atoms with E-state index in [1.165, 1.54) is 6.92 Å². The summed E-state index contributed by atoms with van der Waals surface area (Å²) in [4.78, 5) is 9.97. The molecule has 0 saturated heterocycles. The maximum Gasteiger partial charge on any atom is 0.421 e. The summed E-state index contributed by atoms with van der Waals surface area (Å²) in [5.74, 6) is -1.52. The zero-order chi connectivity index (χ0) is 17.4. The van der Waals surface area contributed by atoms with Crippen LogP contribution in [0.1, 0.15) is 17.0 Å². The van der Waals surface area contributed by atoms with Crippen molar-refractivity contribution >= 4 is 5.69 Å². The molecule has 1 aromatic heterocycles. The standard InChI is InChI=1S/C13H10F4N2O4/c1-7-11(19(21)22)10(23-18-7)6-12(20,13(15,16)17)8-2-4-9(14)5-3-8/h2-5,20H,6H2,1H3/t12-/m1/s1. The molecule has 0 fully saturated rings. The largest absolute Gasteiger partial charge is 0.421 e. The smallest absolute Gasteiger partial charge is 0.376 e. The van der Waals surface area contributed by atoms with Crippen molar-refractivity contribution in [3.05, 3.63) is 57.2 Å². The van der Waals surface area contributed by atoms with Crippen molar-refractivity contribution in [2.24, 2.45) is 0 Å². The SMILES string of the molecule is Cc1noc(C[C@@](O)(c2ccc(F)cc2)C(F)(F)F)c1[N+](=O)[O-]. The average molecular weight is 334 g/mol. The molecule has 23 heavy (non-hydrogen) atoms. The fourth-order valence-electron chi connectivity index (χ4n) is 2.09. The van der Waals surface area contributed by atoms with Gasteiger partial charge in [0.2, 0.25) is 5.76 Å². The number of aryl methyl sites for hydroxylation is 1. The Morgan fingerprint density at radius 1 is 1.30 bits per heavy atom. The Hall–Kier alpha value is -2.49. The van der Waals surface area contributed by atoms with E-state index in [4.69, 9.17) is 0 Å². The molecule has 1 N–H and O–H groups in total. The van der Waals surface area contributed by atoms with E-state index in [1.54, 1.807) is 0 Å². The van der Waals surface area contributed by atoms with Gasteiger partial charge in [0.25, 0.3) is 0 Å². The Balaban J connectivity index is 2.53. The molecule has 6 nitrogen and oxygen atoms in total. The Bertz CT molecular complexity index is 727. The van der Waals surface area contributed by atoms with E-state index in [9.17, 15) is 32.8 Å². The van der Waals surface area contributed by atoms with E-state index in [0.717, 1.165) is 24.3 Å². The Kier molecular flexibility index (Phi) is 4.12. The monoisotopic (exact) mass is 334 g/mol. The Morgan fingerprint density at radius 3 is 2.35 bits per heavy atom. The lowest BCUT2D eigenvalue weighted by molar-refractivity contribution is -0.387. The first-order valence-electron chi connectivity index (χ1n) is 6.21. The molecule has 0 saturated carbocycles. The van der Waals surface area contributed by atoms with Crippen molar-refractivity contribution in [3.8, 4) is 0 Å². The van der Waals surface area contributed by atoms with Crippen molar-refractivity contribution in [3.63, 3.8) is 0 Å². The van der Waals surface area contributed by atoms with Crippen molar-refractivity contribution < 1.29 is 32.1 Å². The van der Waals surface area contributed by atoms with Crippen LogP contribution in [0.3, 0.4) is 0 Å². The topological polar surface area (TPSA) is 89.4 Å². The molecular weight excluding hydrogens is 324 g/mol. The van der Waals surface area contributed by atoms with E-state index >= 15 is 0 Å². The highest BCUT2D eigenvalue weighted by molar-refractivity contribution is 5.40. The molecule has 0 radical (unpaired) electrons.